The largest absolute Gasteiger partial charge is 0.497 e. The maximum atomic E-state index is 14.1. The van der Waals surface area contributed by atoms with Gasteiger partial charge >= 0.3 is 0 Å². The van der Waals surface area contributed by atoms with Gasteiger partial charge in [-0.25, -0.2) is 4.39 Å². The number of aryl methyl sites for hydroxylation is 1. The number of fused-ring (bicyclic) bond motifs is 1. The summed E-state index contributed by atoms with van der Waals surface area (Å²) in [5.41, 5.74) is 2.26. The third-order valence-corrected chi connectivity index (χ3v) is 3.75. The first-order valence-electron chi connectivity index (χ1n) is 6.89. The zero-order chi connectivity index (χ0) is 14.8. The molecule has 116 valence electrons. The van der Waals surface area contributed by atoms with Gasteiger partial charge in [-0.2, -0.15) is 0 Å². The SMILES string of the molecule is COc1ccc(CN2C(=O)CCc3cccc(F)c32)cc1.Cl. The third kappa shape index (κ3) is 3.07. The van der Waals surface area contributed by atoms with Crippen molar-refractivity contribution < 1.29 is 13.9 Å². The van der Waals surface area contributed by atoms with E-state index in [4.69, 9.17) is 4.74 Å². The molecule has 3 rings (SSSR count). The number of benzene rings is 2. The van der Waals surface area contributed by atoms with Crippen LogP contribution < -0.4 is 9.64 Å². The molecule has 0 spiro atoms. The predicted octanol–water partition coefficient (Wildman–Crippen LogP) is 3.74. The summed E-state index contributed by atoms with van der Waals surface area (Å²) in [5.74, 6) is 0.382. The average molecular weight is 322 g/mol. The van der Waals surface area contributed by atoms with Gasteiger partial charge in [-0.05, 0) is 35.7 Å². The molecular formula is C17H17ClFNO2. The van der Waals surface area contributed by atoms with Crippen molar-refractivity contribution >= 4 is 24.0 Å². The molecule has 2 aromatic rings. The van der Waals surface area contributed by atoms with Crippen LogP contribution in [0, 0.1) is 5.82 Å². The third-order valence-electron chi connectivity index (χ3n) is 3.75. The fourth-order valence-electron chi connectivity index (χ4n) is 2.65. The molecule has 0 bridgehead atoms. The molecule has 0 saturated carbocycles. The number of amides is 1. The van der Waals surface area contributed by atoms with Gasteiger partial charge in [0.15, 0.2) is 0 Å². The molecule has 0 saturated heterocycles. The number of rotatable bonds is 3. The van der Waals surface area contributed by atoms with Crippen LogP contribution in [-0.2, 0) is 17.8 Å². The fraction of sp³-hybridized carbons (Fsp3) is 0.235. The predicted molar refractivity (Wildman–Crippen MR) is 86.2 cm³/mol. The van der Waals surface area contributed by atoms with E-state index in [2.05, 4.69) is 0 Å². The standard InChI is InChI=1S/C17H16FNO2.ClH/c1-21-14-8-5-12(6-9-14)11-19-16(20)10-7-13-3-2-4-15(18)17(13)19;/h2-6,8-9H,7,10-11H2,1H3;1H. The number of anilines is 1. The van der Waals surface area contributed by atoms with Crippen molar-refractivity contribution in [2.75, 3.05) is 12.0 Å². The molecule has 2 aromatic carbocycles. The van der Waals surface area contributed by atoms with Gasteiger partial charge < -0.3 is 9.64 Å². The smallest absolute Gasteiger partial charge is 0.227 e. The summed E-state index contributed by atoms with van der Waals surface area (Å²) in [6, 6.07) is 12.4. The Morgan fingerprint density at radius 3 is 2.55 bits per heavy atom. The fourth-order valence-corrected chi connectivity index (χ4v) is 2.65. The Bertz CT molecular complexity index is 673. The second kappa shape index (κ2) is 6.79. The monoisotopic (exact) mass is 321 g/mol. The van der Waals surface area contributed by atoms with Gasteiger partial charge in [0.25, 0.3) is 0 Å². The van der Waals surface area contributed by atoms with E-state index >= 15 is 0 Å². The molecule has 3 nitrogen and oxygen atoms in total. The number of carbonyl (C=O) groups excluding carboxylic acids is 1. The molecule has 0 fully saturated rings. The van der Waals surface area contributed by atoms with Crippen LogP contribution in [0.25, 0.3) is 0 Å². The van der Waals surface area contributed by atoms with Crippen LogP contribution in [0.2, 0.25) is 0 Å². The molecule has 0 radical (unpaired) electrons. The van der Waals surface area contributed by atoms with Gasteiger partial charge in [-0.3, -0.25) is 4.79 Å². The second-order valence-electron chi connectivity index (χ2n) is 5.08. The van der Waals surface area contributed by atoms with E-state index in [0.717, 1.165) is 16.9 Å². The number of para-hydroxylation sites is 1. The van der Waals surface area contributed by atoms with E-state index in [9.17, 15) is 9.18 Å². The van der Waals surface area contributed by atoms with Gasteiger partial charge in [0.1, 0.15) is 11.6 Å². The number of nitrogens with zero attached hydrogens (tertiary/aromatic N) is 1. The van der Waals surface area contributed by atoms with Crippen LogP contribution in [0.1, 0.15) is 17.5 Å². The highest BCUT2D eigenvalue weighted by molar-refractivity contribution is 5.96. The van der Waals surface area contributed by atoms with Crippen molar-refractivity contribution in [2.24, 2.45) is 0 Å². The molecule has 1 aliphatic heterocycles. The van der Waals surface area contributed by atoms with Crippen LogP contribution in [0.15, 0.2) is 42.5 Å². The van der Waals surface area contributed by atoms with E-state index in [1.165, 1.54) is 11.0 Å². The lowest BCUT2D eigenvalue weighted by atomic mass is 10.00. The maximum absolute atomic E-state index is 14.1. The lowest BCUT2D eigenvalue weighted by Crippen LogP contribution is -2.35. The van der Waals surface area contributed by atoms with Gasteiger partial charge in [0.05, 0.1) is 19.3 Å². The normalized spacial score (nSPS) is 13.4. The Hall–Kier alpha value is -2.07. The molecule has 0 aliphatic carbocycles. The first kappa shape index (κ1) is 16.3. The van der Waals surface area contributed by atoms with E-state index < -0.39 is 0 Å². The van der Waals surface area contributed by atoms with E-state index in [0.29, 0.717) is 25.1 Å². The van der Waals surface area contributed by atoms with Crippen molar-refractivity contribution in [1.29, 1.82) is 0 Å². The summed E-state index contributed by atoms with van der Waals surface area (Å²) in [6.45, 7) is 0.372. The van der Waals surface area contributed by atoms with Gasteiger partial charge in [0.2, 0.25) is 5.91 Å². The first-order valence-corrected chi connectivity index (χ1v) is 6.89. The van der Waals surface area contributed by atoms with Crippen LogP contribution in [0.4, 0.5) is 10.1 Å². The minimum Gasteiger partial charge on any atom is -0.497 e. The number of ether oxygens (including phenoxy) is 1. The number of hydrogen-bond donors (Lipinski definition) is 0. The molecule has 0 atom stereocenters. The van der Waals surface area contributed by atoms with E-state index in [1.54, 1.807) is 13.2 Å². The number of halogens is 2. The summed E-state index contributed by atoms with van der Waals surface area (Å²) in [5, 5.41) is 0. The zero-order valence-corrected chi connectivity index (χ0v) is 13.0. The van der Waals surface area contributed by atoms with Crippen molar-refractivity contribution in [2.45, 2.75) is 19.4 Å². The highest BCUT2D eigenvalue weighted by atomic mass is 35.5. The minimum atomic E-state index is -0.339. The highest BCUT2D eigenvalue weighted by Crippen LogP contribution is 2.31. The topological polar surface area (TPSA) is 29.5 Å². The van der Waals surface area contributed by atoms with E-state index in [1.807, 2.05) is 30.3 Å². The van der Waals surface area contributed by atoms with Crippen molar-refractivity contribution in [3.05, 3.63) is 59.4 Å². The summed E-state index contributed by atoms with van der Waals surface area (Å²) in [7, 11) is 1.61. The maximum Gasteiger partial charge on any atom is 0.227 e. The molecule has 0 aromatic heterocycles. The zero-order valence-electron chi connectivity index (χ0n) is 12.2. The Morgan fingerprint density at radius 2 is 1.86 bits per heavy atom. The highest BCUT2D eigenvalue weighted by Gasteiger charge is 2.26. The summed E-state index contributed by atoms with van der Waals surface area (Å²) >= 11 is 0. The average Bonchev–Trinajstić information content (AvgIpc) is 2.51. The molecule has 1 amide bonds. The molecular weight excluding hydrogens is 305 g/mol. The minimum absolute atomic E-state index is 0. The van der Waals surface area contributed by atoms with Gasteiger partial charge in [-0.15, -0.1) is 12.4 Å². The number of carbonyl (C=O) groups is 1. The molecule has 22 heavy (non-hydrogen) atoms. The molecule has 0 unspecified atom stereocenters. The lowest BCUT2D eigenvalue weighted by molar-refractivity contribution is -0.119. The molecule has 1 aliphatic rings. The molecule has 1 heterocycles. The summed E-state index contributed by atoms with van der Waals surface area (Å²) in [4.78, 5) is 13.7. The Labute approximate surface area is 135 Å². The van der Waals surface area contributed by atoms with Crippen molar-refractivity contribution in [3.63, 3.8) is 0 Å². The van der Waals surface area contributed by atoms with Crippen molar-refractivity contribution in [1.82, 2.24) is 0 Å². The summed E-state index contributed by atoms with van der Waals surface area (Å²) in [6.07, 6.45) is 1.03. The van der Waals surface area contributed by atoms with Crippen LogP contribution >= 0.6 is 12.4 Å². The Morgan fingerprint density at radius 1 is 1.14 bits per heavy atom. The lowest BCUT2D eigenvalue weighted by Gasteiger charge is -2.29. The molecule has 0 N–H and O–H groups in total. The van der Waals surface area contributed by atoms with E-state index in [-0.39, 0.29) is 24.1 Å². The van der Waals surface area contributed by atoms with Crippen molar-refractivity contribution in [3.8, 4) is 5.75 Å². The number of hydrogen-bond acceptors (Lipinski definition) is 2. The second-order valence-corrected chi connectivity index (χ2v) is 5.08. The number of methoxy groups -OCH3 is 1. The quantitative estimate of drug-likeness (QED) is 0.862. The molecule has 5 heteroatoms. The van der Waals surface area contributed by atoms with Crippen LogP contribution in [0.5, 0.6) is 5.75 Å². The van der Waals surface area contributed by atoms with Crippen LogP contribution in [-0.4, -0.2) is 13.0 Å². The van der Waals surface area contributed by atoms with Crippen LogP contribution in [0.3, 0.4) is 0 Å². The Kier molecular flexibility index (Phi) is 5.03. The van der Waals surface area contributed by atoms with Gasteiger partial charge in [0, 0.05) is 6.42 Å². The summed E-state index contributed by atoms with van der Waals surface area (Å²) < 4.78 is 19.2. The van der Waals surface area contributed by atoms with Gasteiger partial charge in [-0.1, -0.05) is 24.3 Å². The Balaban J connectivity index is 0.00000176. The first-order chi connectivity index (χ1) is 10.2.